The summed E-state index contributed by atoms with van der Waals surface area (Å²) in [5.41, 5.74) is 1.90. The van der Waals surface area contributed by atoms with Crippen LogP contribution >= 0.6 is 0 Å². The first-order valence-corrected chi connectivity index (χ1v) is 5.53. The number of nitrogens with one attached hydrogen (secondary N) is 2. The lowest BCUT2D eigenvalue weighted by molar-refractivity contribution is 0.484. The summed E-state index contributed by atoms with van der Waals surface area (Å²) < 4.78 is 12.7. The van der Waals surface area contributed by atoms with Gasteiger partial charge in [-0.2, -0.15) is 5.10 Å². The summed E-state index contributed by atoms with van der Waals surface area (Å²) in [6.45, 7) is 4.04. The summed E-state index contributed by atoms with van der Waals surface area (Å²) in [6, 6.07) is 3.33. The maximum atomic E-state index is 12.7. The number of rotatable bonds is 4. The van der Waals surface area contributed by atoms with Crippen molar-refractivity contribution in [2.75, 3.05) is 0 Å². The van der Waals surface area contributed by atoms with Crippen molar-refractivity contribution in [2.24, 2.45) is 0 Å². The topological polar surface area (TPSA) is 53.6 Å². The molecule has 4 nitrogen and oxygen atoms in total. The number of H-pyrrole nitrogens is 1. The molecule has 0 saturated heterocycles. The Bertz CT molecular complexity index is 452. The van der Waals surface area contributed by atoms with E-state index in [1.54, 1.807) is 12.3 Å². The molecule has 2 aromatic rings. The third-order valence-corrected chi connectivity index (χ3v) is 2.71. The van der Waals surface area contributed by atoms with E-state index in [1.807, 2.05) is 20.0 Å². The van der Waals surface area contributed by atoms with Crippen LogP contribution in [0.3, 0.4) is 0 Å². The SMILES string of the molecule is CC(NC(C)c1ccc(F)cn1)c1cn[nH]c1. The van der Waals surface area contributed by atoms with Gasteiger partial charge in [-0.05, 0) is 26.0 Å². The molecule has 2 rings (SSSR count). The minimum Gasteiger partial charge on any atom is -0.302 e. The van der Waals surface area contributed by atoms with E-state index >= 15 is 0 Å². The van der Waals surface area contributed by atoms with E-state index in [0.29, 0.717) is 0 Å². The fraction of sp³-hybridized carbons (Fsp3) is 0.333. The van der Waals surface area contributed by atoms with Crippen LogP contribution in [-0.2, 0) is 0 Å². The van der Waals surface area contributed by atoms with Gasteiger partial charge in [0.1, 0.15) is 5.82 Å². The molecule has 0 saturated carbocycles. The molecule has 0 amide bonds. The normalized spacial score (nSPS) is 14.5. The predicted molar refractivity (Wildman–Crippen MR) is 62.7 cm³/mol. The van der Waals surface area contributed by atoms with Crippen LogP contribution in [0.2, 0.25) is 0 Å². The van der Waals surface area contributed by atoms with Gasteiger partial charge in [-0.25, -0.2) is 4.39 Å². The van der Waals surface area contributed by atoms with Gasteiger partial charge in [-0.3, -0.25) is 10.1 Å². The minimum atomic E-state index is -0.316. The zero-order valence-corrected chi connectivity index (χ0v) is 9.81. The second-order valence-electron chi connectivity index (χ2n) is 4.04. The second-order valence-corrected chi connectivity index (χ2v) is 4.04. The van der Waals surface area contributed by atoms with Crippen molar-refractivity contribution in [2.45, 2.75) is 25.9 Å². The monoisotopic (exact) mass is 234 g/mol. The van der Waals surface area contributed by atoms with Crippen LogP contribution in [-0.4, -0.2) is 15.2 Å². The third kappa shape index (κ3) is 2.88. The molecule has 17 heavy (non-hydrogen) atoms. The molecular formula is C12H15FN4. The molecule has 0 aliphatic heterocycles. The maximum Gasteiger partial charge on any atom is 0.141 e. The minimum absolute atomic E-state index is 0.0560. The Hall–Kier alpha value is -1.75. The Labute approximate surface area is 99.3 Å². The number of halogens is 1. The standard InChI is InChI=1S/C12H15FN4/c1-8(10-5-15-16-6-10)17-9(2)12-4-3-11(13)7-14-12/h3-9,17H,1-2H3,(H,15,16). The van der Waals surface area contributed by atoms with Crippen LogP contribution in [0.4, 0.5) is 4.39 Å². The highest BCUT2D eigenvalue weighted by atomic mass is 19.1. The largest absolute Gasteiger partial charge is 0.302 e. The smallest absolute Gasteiger partial charge is 0.141 e. The highest BCUT2D eigenvalue weighted by Gasteiger charge is 2.12. The van der Waals surface area contributed by atoms with Crippen LogP contribution < -0.4 is 5.32 Å². The van der Waals surface area contributed by atoms with Gasteiger partial charge in [0.25, 0.3) is 0 Å². The second kappa shape index (κ2) is 5.05. The van der Waals surface area contributed by atoms with Crippen molar-refractivity contribution in [3.63, 3.8) is 0 Å². The summed E-state index contributed by atoms with van der Waals surface area (Å²) >= 11 is 0. The number of hydrogen-bond acceptors (Lipinski definition) is 3. The number of hydrogen-bond donors (Lipinski definition) is 2. The number of nitrogens with zero attached hydrogens (tertiary/aromatic N) is 2. The number of aromatic nitrogens is 3. The molecule has 0 aliphatic carbocycles. The summed E-state index contributed by atoms with van der Waals surface area (Å²) in [5.74, 6) is -0.316. The Balaban J connectivity index is 2.01. The molecule has 2 N–H and O–H groups in total. The van der Waals surface area contributed by atoms with Crippen molar-refractivity contribution < 1.29 is 4.39 Å². The molecule has 0 aromatic carbocycles. The fourth-order valence-electron chi connectivity index (χ4n) is 1.70. The Morgan fingerprint density at radius 3 is 2.65 bits per heavy atom. The Morgan fingerprint density at radius 2 is 2.06 bits per heavy atom. The molecule has 0 radical (unpaired) electrons. The third-order valence-electron chi connectivity index (χ3n) is 2.71. The van der Waals surface area contributed by atoms with Crippen LogP contribution in [0.5, 0.6) is 0 Å². The summed E-state index contributed by atoms with van der Waals surface area (Å²) in [6.07, 6.45) is 4.86. The van der Waals surface area contributed by atoms with E-state index < -0.39 is 0 Å². The predicted octanol–water partition coefficient (Wildman–Crippen LogP) is 2.36. The maximum absolute atomic E-state index is 12.7. The van der Waals surface area contributed by atoms with E-state index in [4.69, 9.17) is 0 Å². The van der Waals surface area contributed by atoms with Gasteiger partial charge in [-0.1, -0.05) is 0 Å². The quantitative estimate of drug-likeness (QED) is 0.853. The molecule has 0 bridgehead atoms. The van der Waals surface area contributed by atoms with E-state index in [1.165, 1.54) is 12.3 Å². The number of aromatic amines is 1. The first-order chi connectivity index (χ1) is 8.16. The lowest BCUT2D eigenvalue weighted by Gasteiger charge is -2.18. The first-order valence-electron chi connectivity index (χ1n) is 5.53. The molecule has 90 valence electrons. The van der Waals surface area contributed by atoms with E-state index in [0.717, 1.165) is 11.3 Å². The summed E-state index contributed by atoms with van der Waals surface area (Å²) in [4.78, 5) is 4.05. The van der Waals surface area contributed by atoms with Gasteiger partial charge in [0.15, 0.2) is 0 Å². The molecule has 5 heteroatoms. The van der Waals surface area contributed by atoms with Gasteiger partial charge < -0.3 is 5.32 Å². The van der Waals surface area contributed by atoms with E-state index in [9.17, 15) is 4.39 Å². The van der Waals surface area contributed by atoms with Crippen molar-refractivity contribution in [3.05, 3.63) is 47.8 Å². The lowest BCUT2D eigenvalue weighted by Crippen LogP contribution is -2.22. The molecule has 0 fully saturated rings. The van der Waals surface area contributed by atoms with Crippen LogP contribution in [0.25, 0.3) is 0 Å². The first kappa shape index (κ1) is 11.7. The zero-order chi connectivity index (χ0) is 12.3. The summed E-state index contributed by atoms with van der Waals surface area (Å²) in [5, 5.41) is 10.1. The Morgan fingerprint density at radius 1 is 1.24 bits per heavy atom. The van der Waals surface area contributed by atoms with Gasteiger partial charge in [0.05, 0.1) is 18.1 Å². The summed E-state index contributed by atoms with van der Waals surface area (Å²) in [7, 11) is 0. The molecule has 0 spiro atoms. The van der Waals surface area contributed by atoms with Crippen LogP contribution in [0.15, 0.2) is 30.7 Å². The average Bonchev–Trinajstić information content (AvgIpc) is 2.83. The molecule has 2 atom stereocenters. The Kier molecular flexibility index (Phi) is 3.49. The molecule has 2 aromatic heterocycles. The molecule has 2 unspecified atom stereocenters. The highest BCUT2D eigenvalue weighted by molar-refractivity contribution is 5.12. The molecular weight excluding hydrogens is 219 g/mol. The molecule has 2 heterocycles. The van der Waals surface area contributed by atoms with Crippen LogP contribution in [0.1, 0.15) is 37.2 Å². The average molecular weight is 234 g/mol. The fourth-order valence-corrected chi connectivity index (χ4v) is 1.70. The molecule has 0 aliphatic rings. The van der Waals surface area contributed by atoms with Crippen molar-refractivity contribution in [3.8, 4) is 0 Å². The van der Waals surface area contributed by atoms with Gasteiger partial charge in [0, 0.05) is 23.8 Å². The zero-order valence-electron chi connectivity index (χ0n) is 9.81. The van der Waals surface area contributed by atoms with E-state index in [-0.39, 0.29) is 17.9 Å². The van der Waals surface area contributed by atoms with Gasteiger partial charge >= 0.3 is 0 Å². The number of pyridine rings is 1. The van der Waals surface area contributed by atoms with Gasteiger partial charge in [0.2, 0.25) is 0 Å². The van der Waals surface area contributed by atoms with Crippen molar-refractivity contribution in [1.82, 2.24) is 20.5 Å². The van der Waals surface area contributed by atoms with Crippen molar-refractivity contribution in [1.29, 1.82) is 0 Å². The van der Waals surface area contributed by atoms with Crippen molar-refractivity contribution >= 4 is 0 Å². The van der Waals surface area contributed by atoms with Gasteiger partial charge in [-0.15, -0.1) is 0 Å². The lowest BCUT2D eigenvalue weighted by atomic mass is 10.1. The van der Waals surface area contributed by atoms with E-state index in [2.05, 4.69) is 20.5 Å². The van der Waals surface area contributed by atoms with Crippen LogP contribution in [0, 0.1) is 5.82 Å². The highest BCUT2D eigenvalue weighted by Crippen LogP contribution is 2.16.